The number of amides is 4. The number of carbonyl (C=O) groups is 3. The lowest BCUT2D eigenvalue weighted by Gasteiger charge is -2.38. The summed E-state index contributed by atoms with van der Waals surface area (Å²) in [7, 11) is 3.00. The number of carbonyl (C=O) groups excluding carboxylic acids is 3. The first-order valence-corrected chi connectivity index (χ1v) is 14.0. The van der Waals surface area contributed by atoms with Gasteiger partial charge in [-0.3, -0.25) is 14.6 Å². The summed E-state index contributed by atoms with van der Waals surface area (Å²) in [5.74, 6) is -3.00. The van der Waals surface area contributed by atoms with Crippen molar-refractivity contribution in [1.29, 1.82) is 0 Å². The molecule has 0 aliphatic carbocycles. The fourth-order valence-corrected chi connectivity index (χ4v) is 4.94. The van der Waals surface area contributed by atoms with Crippen LogP contribution >= 0.6 is 0 Å². The number of methoxy groups -OCH3 is 2. The van der Waals surface area contributed by atoms with E-state index in [0.717, 1.165) is 23.1 Å². The molecule has 1 unspecified atom stereocenters. The molecule has 45 heavy (non-hydrogen) atoms. The molecule has 1 saturated heterocycles. The molecule has 5 rings (SSSR count). The summed E-state index contributed by atoms with van der Waals surface area (Å²) in [6.45, 7) is -0.179. The second-order valence-electron chi connectivity index (χ2n) is 10.1. The highest BCUT2D eigenvalue weighted by atomic mass is 19.1. The minimum absolute atomic E-state index is 0.0865. The fraction of sp³-hybridized carbons (Fsp3) is 0.250. The third kappa shape index (κ3) is 6.63. The lowest BCUT2D eigenvalue weighted by molar-refractivity contribution is -0.132. The summed E-state index contributed by atoms with van der Waals surface area (Å²) in [4.78, 5) is 46.4. The van der Waals surface area contributed by atoms with Gasteiger partial charge >= 0.3 is 6.03 Å². The molecular formula is C32H30F2N4O7. The maximum atomic E-state index is 15.3. The molecule has 1 aliphatic rings. The molecule has 0 spiro atoms. The van der Waals surface area contributed by atoms with E-state index in [2.05, 4.69) is 10.3 Å². The van der Waals surface area contributed by atoms with Crippen molar-refractivity contribution in [2.75, 3.05) is 44.1 Å². The summed E-state index contributed by atoms with van der Waals surface area (Å²) < 4.78 is 45.5. The number of aliphatic hydroxyl groups is 1. The van der Waals surface area contributed by atoms with Crippen LogP contribution < -0.4 is 24.4 Å². The Morgan fingerprint density at radius 3 is 2.40 bits per heavy atom. The van der Waals surface area contributed by atoms with Crippen molar-refractivity contribution in [3.05, 3.63) is 78.5 Å². The Kier molecular flexibility index (Phi) is 9.38. The third-order valence-corrected chi connectivity index (χ3v) is 7.25. The van der Waals surface area contributed by atoms with Gasteiger partial charge in [-0.25, -0.2) is 18.5 Å². The van der Waals surface area contributed by atoms with Crippen molar-refractivity contribution in [1.82, 2.24) is 9.88 Å². The summed E-state index contributed by atoms with van der Waals surface area (Å²) in [6.07, 6.45) is 2.36. The predicted molar refractivity (Wildman–Crippen MR) is 161 cm³/mol. The summed E-state index contributed by atoms with van der Waals surface area (Å²) in [5, 5.41) is 12.2. The number of benzene rings is 3. The van der Waals surface area contributed by atoms with Gasteiger partial charge in [0.05, 0.1) is 31.1 Å². The third-order valence-electron chi connectivity index (χ3n) is 7.25. The van der Waals surface area contributed by atoms with E-state index in [1.54, 1.807) is 18.2 Å². The Hall–Kier alpha value is -5.30. The van der Waals surface area contributed by atoms with Gasteiger partial charge in [0.1, 0.15) is 29.1 Å². The predicted octanol–water partition coefficient (Wildman–Crippen LogP) is 5.12. The number of hydrogen-bond acceptors (Lipinski definition) is 8. The van der Waals surface area contributed by atoms with Gasteiger partial charge < -0.3 is 29.5 Å². The first kappa shape index (κ1) is 31.1. The summed E-state index contributed by atoms with van der Waals surface area (Å²) >= 11 is 0. The first-order chi connectivity index (χ1) is 21.7. The summed E-state index contributed by atoms with van der Waals surface area (Å²) in [6, 6.07) is 12.8. The Bertz CT molecular complexity index is 1740. The van der Waals surface area contributed by atoms with Gasteiger partial charge in [-0.05, 0) is 61.4 Å². The average molecular weight is 621 g/mol. The number of anilines is 2. The van der Waals surface area contributed by atoms with E-state index in [1.807, 2.05) is 0 Å². The van der Waals surface area contributed by atoms with Gasteiger partial charge in [-0.15, -0.1) is 0 Å². The Balaban J connectivity index is 1.36. The maximum Gasteiger partial charge on any atom is 0.331 e. The molecule has 4 aromatic rings. The Labute approximate surface area is 256 Å². The van der Waals surface area contributed by atoms with Crippen LogP contribution in [0.1, 0.15) is 12.8 Å². The normalized spacial score (nSPS) is 14.9. The van der Waals surface area contributed by atoms with Crippen LogP contribution in [0.2, 0.25) is 0 Å². The second-order valence-corrected chi connectivity index (χ2v) is 10.1. The maximum absolute atomic E-state index is 15.3. The number of aliphatic hydroxyl groups excluding tert-OH is 1. The number of unbranched alkanes of at least 4 members (excludes halogenated alkanes) is 1. The van der Waals surface area contributed by atoms with Gasteiger partial charge in [-0.1, -0.05) is 0 Å². The number of urea groups is 1. The molecule has 3 aromatic carbocycles. The molecule has 1 fully saturated rings. The molecule has 1 aromatic heterocycles. The number of ether oxygens (including phenoxy) is 3. The van der Waals surface area contributed by atoms with E-state index >= 15 is 4.39 Å². The van der Waals surface area contributed by atoms with Crippen molar-refractivity contribution in [3.8, 4) is 23.0 Å². The van der Waals surface area contributed by atoms with Crippen molar-refractivity contribution < 1.29 is 42.5 Å². The van der Waals surface area contributed by atoms with Gasteiger partial charge in [-0.2, -0.15) is 0 Å². The van der Waals surface area contributed by atoms with E-state index in [1.165, 1.54) is 49.6 Å². The lowest BCUT2D eigenvalue weighted by atomic mass is 10.0. The smallest absolute Gasteiger partial charge is 0.331 e. The number of pyridine rings is 1. The standard InChI is InChI=1S/C32H30F2N4O7/c1-43-28-16-22-26(17-29(28)44-2)35-12-11-27(22)45-21-9-10-25(24(34)15-21)36-30(40)23-18-37(13-3-4-14-39)32(42)38(31(23)41)20-7-5-19(33)6-8-20/h5-12,15-17,23,39H,3-4,13-14,18H2,1-2H3,(H,36,40). The van der Waals surface area contributed by atoms with Crippen LogP contribution in [0.25, 0.3) is 10.9 Å². The molecule has 2 N–H and O–H groups in total. The number of halogens is 2. The molecule has 0 radical (unpaired) electrons. The van der Waals surface area contributed by atoms with Gasteiger partial charge in [0.15, 0.2) is 11.5 Å². The molecule has 4 amide bonds. The number of imide groups is 1. The molecule has 1 aliphatic heterocycles. The minimum Gasteiger partial charge on any atom is -0.493 e. The number of hydrogen-bond donors (Lipinski definition) is 2. The highest BCUT2D eigenvalue weighted by Crippen LogP contribution is 2.37. The van der Waals surface area contributed by atoms with Crippen molar-refractivity contribution in [2.24, 2.45) is 5.92 Å². The average Bonchev–Trinajstić information content (AvgIpc) is 3.03. The molecule has 1 atom stereocenters. The van der Waals surface area contributed by atoms with E-state index in [-0.39, 0.29) is 36.8 Å². The number of nitrogens with one attached hydrogen (secondary N) is 1. The Morgan fingerprint density at radius 2 is 1.71 bits per heavy atom. The zero-order valence-corrected chi connectivity index (χ0v) is 24.5. The summed E-state index contributed by atoms with van der Waals surface area (Å²) in [5.41, 5.74) is 0.442. The van der Waals surface area contributed by atoms with Crippen LogP contribution in [0.3, 0.4) is 0 Å². The SMILES string of the molecule is COc1cc2nccc(Oc3ccc(NC(=O)C4CN(CCCCO)C(=O)N(c5ccc(F)cc5)C4=O)c(F)c3)c2cc1OC. The molecule has 13 heteroatoms. The van der Waals surface area contributed by atoms with E-state index < -0.39 is 35.4 Å². The van der Waals surface area contributed by atoms with E-state index in [0.29, 0.717) is 41.0 Å². The monoisotopic (exact) mass is 620 g/mol. The molecule has 0 bridgehead atoms. The molecule has 234 valence electrons. The fourth-order valence-electron chi connectivity index (χ4n) is 4.94. The lowest BCUT2D eigenvalue weighted by Crippen LogP contribution is -2.59. The topological polar surface area (TPSA) is 131 Å². The first-order valence-electron chi connectivity index (χ1n) is 14.0. The van der Waals surface area contributed by atoms with E-state index in [9.17, 15) is 18.8 Å². The zero-order valence-electron chi connectivity index (χ0n) is 24.5. The van der Waals surface area contributed by atoms with Gasteiger partial charge in [0.2, 0.25) is 11.8 Å². The van der Waals surface area contributed by atoms with Crippen LogP contribution in [0.15, 0.2) is 66.9 Å². The van der Waals surface area contributed by atoms with E-state index in [4.69, 9.17) is 19.3 Å². The molecule has 0 saturated carbocycles. The highest BCUT2D eigenvalue weighted by molar-refractivity contribution is 6.23. The minimum atomic E-state index is -1.38. The van der Waals surface area contributed by atoms with Crippen molar-refractivity contribution in [2.45, 2.75) is 12.8 Å². The quantitative estimate of drug-likeness (QED) is 0.175. The van der Waals surface area contributed by atoms with Crippen LogP contribution in [-0.2, 0) is 9.59 Å². The van der Waals surface area contributed by atoms with Crippen LogP contribution in [-0.4, -0.2) is 66.8 Å². The second kappa shape index (κ2) is 13.6. The zero-order chi connectivity index (χ0) is 32.1. The number of rotatable bonds is 11. The number of aromatic nitrogens is 1. The molecular weight excluding hydrogens is 590 g/mol. The number of nitrogens with zero attached hydrogens (tertiary/aromatic N) is 3. The number of fused-ring (bicyclic) bond motifs is 1. The van der Waals surface area contributed by atoms with Crippen molar-refractivity contribution >= 4 is 40.1 Å². The van der Waals surface area contributed by atoms with Gasteiger partial charge in [0.25, 0.3) is 0 Å². The van der Waals surface area contributed by atoms with Gasteiger partial charge in [0, 0.05) is 43.4 Å². The van der Waals surface area contributed by atoms with Crippen LogP contribution in [0.4, 0.5) is 25.0 Å². The highest BCUT2D eigenvalue weighted by Gasteiger charge is 2.43. The molecule has 11 nitrogen and oxygen atoms in total. The molecule has 2 heterocycles. The van der Waals surface area contributed by atoms with Crippen LogP contribution in [0, 0.1) is 17.6 Å². The largest absolute Gasteiger partial charge is 0.493 e. The Morgan fingerprint density at radius 1 is 0.978 bits per heavy atom. The van der Waals surface area contributed by atoms with Crippen molar-refractivity contribution in [3.63, 3.8) is 0 Å². The van der Waals surface area contributed by atoms with Crippen LogP contribution in [0.5, 0.6) is 23.0 Å².